The summed E-state index contributed by atoms with van der Waals surface area (Å²) in [6.07, 6.45) is -1.10. The fourth-order valence-electron chi connectivity index (χ4n) is 3.02. The molecule has 0 aliphatic heterocycles. The molecule has 1 aromatic heterocycles. The third kappa shape index (κ3) is 4.93. The summed E-state index contributed by atoms with van der Waals surface area (Å²) in [7, 11) is 1.59. The van der Waals surface area contributed by atoms with E-state index in [4.69, 9.17) is 10.8 Å². The first-order valence-corrected chi connectivity index (χ1v) is 9.57. The highest BCUT2D eigenvalue weighted by molar-refractivity contribution is 5.98. The molecule has 0 bridgehead atoms. The Kier molecular flexibility index (Phi) is 6.86. The number of halogens is 2. The number of benzene rings is 2. The maximum atomic E-state index is 14.2. The van der Waals surface area contributed by atoms with Gasteiger partial charge in [-0.2, -0.15) is 0 Å². The van der Waals surface area contributed by atoms with Crippen LogP contribution in [-0.2, 0) is 0 Å². The average molecular weight is 444 g/mol. The number of amides is 1. The van der Waals surface area contributed by atoms with Crippen molar-refractivity contribution < 1.29 is 28.9 Å². The van der Waals surface area contributed by atoms with Crippen LogP contribution in [-0.4, -0.2) is 52.5 Å². The number of phenols is 1. The van der Waals surface area contributed by atoms with Crippen molar-refractivity contribution in [1.82, 2.24) is 10.3 Å². The van der Waals surface area contributed by atoms with E-state index in [1.165, 1.54) is 29.2 Å². The molecule has 3 aromatic rings. The Hall–Kier alpha value is -3.76. The summed E-state index contributed by atoms with van der Waals surface area (Å²) in [5.74, 6) is -2.25. The van der Waals surface area contributed by atoms with Crippen LogP contribution >= 0.6 is 0 Å². The summed E-state index contributed by atoms with van der Waals surface area (Å²) in [5.41, 5.74) is 7.14. The Balaban J connectivity index is 1.89. The van der Waals surface area contributed by atoms with E-state index in [1.807, 2.05) is 0 Å². The predicted octanol–water partition coefficient (Wildman–Crippen LogP) is 2.17. The summed E-state index contributed by atoms with van der Waals surface area (Å²) in [6.45, 7) is -0.662. The first-order chi connectivity index (χ1) is 15.2. The van der Waals surface area contributed by atoms with Crippen molar-refractivity contribution >= 4 is 23.1 Å². The van der Waals surface area contributed by atoms with Crippen molar-refractivity contribution in [3.8, 4) is 17.0 Å². The lowest BCUT2D eigenvalue weighted by atomic mass is 10.1. The molecule has 168 valence electrons. The van der Waals surface area contributed by atoms with Crippen LogP contribution in [0.3, 0.4) is 0 Å². The van der Waals surface area contributed by atoms with Gasteiger partial charge in [-0.05, 0) is 42.5 Å². The normalized spacial score (nSPS) is 11.8. The van der Waals surface area contributed by atoms with Crippen LogP contribution in [0, 0.1) is 11.6 Å². The van der Waals surface area contributed by atoms with E-state index in [0.29, 0.717) is 5.69 Å². The number of pyridine rings is 1. The van der Waals surface area contributed by atoms with E-state index >= 15 is 0 Å². The molecule has 32 heavy (non-hydrogen) atoms. The Morgan fingerprint density at radius 1 is 1.19 bits per heavy atom. The van der Waals surface area contributed by atoms with E-state index in [-0.39, 0.29) is 40.6 Å². The van der Waals surface area contributed by atoms with Gasteiger partial charge in [0.25, 0.3) is 5.91 Å². The fourth-order valence-corrected chi connectivity index (χ4v) is 3.02. The zero-order valence-corrected chi connectivity index (χ0v) is 17.1. The number of aromatic nitrogens is 1. The number of phenolic OH excluding ortho intramolecular Hbond substituents is 1. The Bertz CT molecular complexity index is 1140. The third-order valence-electron chi connectivity index (χ3n) is 4.79. The fraction of sp³-hybridized carbons (Fsp3) is 0.182. The molecule has 2 aromatic carbocycles. The standard InChI is InChI=1S/C22H22F2N4O4/c1-28(19-6-2-12(23)8-17(19)24)13-3-7-20(31)16(9-13)18-5-4-15(21(25)27-18)22(32)26-10-14(30)11-29/h2-9,14,29-31H,10-11H2,1H3,(H2,25,27)(H,26,32). The van der Waals surface area contributed by atoms with Crippen molar-refractivity contribution in [2.45, 2.75) is 6.10 Å². The Morgan fingerprint density at radius 2 is 1.94 bits per heavy atom. The number of hydrogen-bond acceptors (Lipinski definition) is 7. The number of hydrogen-bond donors (Lipinski definition) is 5. The van der Waals surface area contributed by atoms with E-state index in [2.05, 4.69) is 10.3 Å². The second kappa shape index (κ2) is 9.58. The molecule has 1 atom stereocenters. The molecule has 1 heterocycles. The highest BCUT2D eigenvalue weighted by Crippen LogP contribution is 2.35. The lowest BCUT2D eigenvalue weighted by molar-refractivity contribution is 0.0802. The minimum absolute atomic E-state index is 0.0556. The molecule has 0 spiro atoms. The van der Waals surface area contributed by atoms with Crippen molar-refractivity contribution in [3.05, 3.63) is 65.7 Å². The van der Waals surface area contributed by atoms with Gasteiger partial charge in [0.1, 0.15) is 23.2 Å². The van der Waals surface area contributed by atoms with Gasteiger partial charge in [-0.25, -0.2) is 13.8 Å². The van der Waals surface area contributed by atoms with Gasteiger partial charge in [-0.15, -0.1) is 0 Å². The van der Waals surface area contributed by atoms with Crippen molar-refractivity contribution in [3.63, 3.8) is 0 Å². The van der Waals surface area contributed by atoms with E-state index < -0.39 is 30.3 Å². The number of aromatic hydroxyl groups is 1. The monoisotopic (exact) mass is 444 g/mol. The van der Waals surface area contributed by atoms with Crippen molar-refractivity contribution in [2.75, 3.05) is 30.8 Å². The number of nitrogen functional groups attached to an aromatic ring is 1. The number of nitrogens with one attached hydrogen (secondary N) is 1. The quantitative estimate of drug-likeness (QED) is 0.377. The van der Waals surface area contributed by atoms with Gasteiger partial charge < -0.3 is 31.3 Å². The molecule has 10 heteroatoms. The first-order valence-electron chi connectivity index (χ1n) is 9.57. The number of anilines is 3. The Labute approximate surface area is 182 Å². The van der Waals surface area contributed by atoms with Gasteiger partial charge in [-0.1, -0.05) is 0 Å². The molecular weight excluding hydrogens is 422 g/mol. The zero-order chi connectivity index (χ0) is 23.4. The second-order valence-electron chi connectivity index (χ2n) is 7.03. The van der Waals surface area contributed by atoms with E-state index in [1.54, 1.807) is 19.2 Å². The third-order valence-corrected chi connectivity index (χ3v) is 4.79. The molecule has 0 aliphatic rings. The Morgan fingerprint density at radius 3 is 2.59 bits per heavy atom. The summed E-state index contributed by atoms with van der Waals surface area (Å²) in [5, 5.41) is 30.9. The van der Waals surface area contributed by atoms with Gasteiger partial charge in [0.15, 0.2) is 0 Å². The number of nitrogens with two attached hydrogens (primary N) is 1. The van der Waals surface area contributed by atoms with Crippen LogP contribution in [0.1, 0.15) is 10.4 Å². The molecule has 0 radical (unpaired) electrons. The smallest absolute Gasteiger partial charge is 0.255 e. The number of nitrogens with zero attached hydrogens (tertiary/aromatic N) is 2. The molecule has 6 N–H and O–H groups in total. The molecular formula is C22H22F2N4O4. The number of carbonyl (C=O) groups excluding carboxylic acids is 1. The van der Waals surface area contributed by atoms with Crippen LogP contribution in [0.15, 0.2) is 48.5 Å². The van der Waals surface area contributed by atoms with Crippen LogP contribution in [0.25, 0.3) is 11.3 Å². The SMILES string of the molecule is CN(c1ccc(O)c(-c2ccc(C(=O)NCC(O)CO)c(N)n2)c1)c1ccc(F)cc1F. The van der Waals surface area contributed by atoms with Crippen LogP contribution < -0.4 is 16.0 Å². The minimum atomic E-state index is -1.10. The average Bonchev–Trinajstić information content (AvgIpc) is 2.77. The van der Waals surface area contributed by atoms with Crippen molar-refractivity contribution in [1.29, 1.82) is 0 Å². The summed E-state index contributed by atoms with van der Waals surface area (Å²) < 4.78 is 27.4. The summed E-state index contributed by atoms with van der Waals surface area (Å²) >= 11 is 0. The predicted molar refractivity (Wildman–Crippen MR) is 116 cm³/mol. The molecule has 0 fully saturated rings. The van der Waals surface area contributed by atoms with Crippen LogP contribution in [0.2, 0.25) is 0 Å². The van der Waals surface area contributed by atoms with Gasteiger partial charge >= 0.3 is 0 Å². The molecule has 8 nitrogen and oxygen atoms in total. The topological polar surface area (TPSA) is 132 Å². The molecule has 1 unspecified atom stereocenters. The van der Waals surface area contributed by atoms with Crippen LogP contribution in [0.4, 0.5) is 26.0 Å². The molecule has 0 saturated heterocycles. The molecule has 1 amide bonds. The molecule has 0 saturated carbocycles. The summed E-state index contributed by atoms with van der Waals surface area (Å²) in [4.78, 5) is 17.9. The van der Waals surface area contributed by atoms with E-state index in [9.17, 15) is 23.8 Å². The minimum Gasteiger partial charge on any atom is -0.507 e. The maximum Gasteiger partial charge on any atom is 0.255 e. The number of rotatable bonds is 7. The number of aliphatic hydroxyl groups excluding tert-OH is 2. The van der Waals surface area contributed by atoms with Gasteiger partial charge in [0.05, 0.1) is 29.7 Å². The summed E-state index contributed by atoms with van der Waals surface area (Å²) in [6, 6.07) is 10.6. The van der Waals surface area contributed by atoms with Gasteiger partial charge in [0.2, 0.25) is 0 Å². The largest absolute Gasteiger partial charge is 0.507 e. The second-order valence-corrected chi connectivity index (χ2v) is 7.03. The highest BCUT2D eigenvalue weighted by Gasteiger charge is 2.17. The first kappa shape index (κ1) is 22.9. The number of carbonyl (C=O) groups is 1. The van der Waals surface area contributed by atoms with Gasteiger partial charge in [0, 0.05) is 30.9 Å². The highest BCUT2D eigenvalue weighted by atomic mass is 19.1. The number of aliphatic hydroxyl groups is 2. The zero-order valence-electron chi connectivity index (χ0n) is 17.1. The van der Waals surface area contributed by atoms with Gasteiger partial charge in [-0.3, -0.25) is 4.79 Å². The molecule has 0 aliphatic carbocycles. The lowest BCUT2D eigenvalue weighted by Gasteiger charge is -2.21. The molecule has 3 rings (SSSR count). The van der Waals surface area contributed by atoms with E-state index in [0.717, 1.165) is 12.1 Å². The lowest BCUT2D eigenvalue weighted by Crippen LogP contribution is -2.34. The van der Waals surface area contributed by atoms with Crippen molar-refractivity contribution in [2.24, 2.45) is 0 Å². The maximum absolute atomic E-state index is 14.2. The van der Waals surface area contributed by atoms with Crippen LogP contribution in [0.5, 0.6) is 5.75 Å².